The summed E-state index contributed by atoms with van der Waals surface area (Å²) >= 11 is 0. The van der Waals surface area contributed by atoms with E-state index in [4.69, 9.17) is 5.11 Å². The van der Waals surface area contributed by atoms with Crippen LogP contribution in [0.5, 0.6) is 0 Å². The molecule has 0 saturated carbocycles. The summed E-state index contributed by atoms with van der Waals surface area (Å²) < 4.78 is 0. The molecule has 96 valence electrons. The maximum absolute atomic E-state index is 11.4. The second kappa shape index (κ2) is 6.59. The third kappa shape index (κ3) is 4.82. The van der Waals surface area contributed by atoms with E-state index in [1.807, 2.05) is 31.2 Å². The summed E-state index contributed by atoms with van der Waals surface area (Å²) in [5.41, 5.74) is 2.06. The minimum Gasteiger partial charge on any atom is -0.481 e. The van der Waals surface area contributed by atoms with Gasteiger partial charge < -0.3 is 10.4 Å². The molecule has 1 atom stereocenters. The molecule has 0 aliphatic rings. The van der Waals surface area contributed by atoms with Gasteiger partial charge in [-0.05, 0) is 18.6 Å². The topological polar surface area (TPSA) is 66.4 Å². The third-order valence-corrected chi connectivity index (χ3v) is 2.47. The normalized spacial score (nSPS) is 12.3. The number of nitrogens with one attached hydrogen (secondary N) is 1. The van der Waals surface area contributed by atoms with E-state index in [0.717, 1.165) is 11.1 Å². The number of carboxylic acid groups (broad SMARTS) is 1. The number of hydrogen-bond donors (Lipinski definition) is 2. The van der Waals surface area contributed by atoms with Crippen molar-refractivity contribution in [3.63, 3.8) is 0 Å². The number of amides is 1. The molecule has 0 aromatic heterocycles. The van der Waals surface area contributed by atoms with E-state index >= 15 is 0 Å². The number of carbonyl (C=O) groups is 2. The molecular weight excluding hydrogens is 230 g/mol. The summed E-state index contributed by atoms with van der Waals surface area (Å²) in [5.74, 6) is -1.79. The summed E-state index contributed by atoms with van der Waals surface area (Å²) in [6.07, 6.45) is 3.11. The number of carbonyl (C=O) groups excluding carboxylic acids is 1. The first kappa shape index (κ1) is 14.0. The molecule has 0 spiro atoms. The van der Waals surface area contributed by atoms with Gasteiger partial charge in [-0.3, -0.25) is 9.59 Å². The SMILES string of the molecule is Cc1cccc(/C=C/C(=O)NC[C@@H](C)C(=O)O)c1. The molecule has 0 aliphatic carbocycles. The lowest BCUT2D eigenvalue weighted by atomic mass is 10.1. The van der Waals surface area contributed by atoms with Crippen molar-refractivity contribution in [2.75, 3.05) is 6.54 Å². The minimum absolute atomic E-state index is 0.131. The zero-order chi connectivity index (χ0) is 13.5. The van der Waals surface area contributed by atoms with Crippen LogP contribution in [0.15, 0.2) is 30.3 Å². The molecule has 1 aromatic carbocycles. The van der Waals surface area contributed by atoms with Crippen LogP contribution in [0, 0.1) is 12.8 Å². The smallest absolute Gasteiger partial charge is 0.308 e. The molecule has 1 aromatic rings. The molecule has 0 bridgehead atoms. The van der Waals surface area contributed by atoms with Crippen LogP contribution in [0.4, 0.5) is 0 Å². The van der Waals surface area contributed by atoms with E-state index in [1.165, 1.54) is 6.08 Å². The fourth-order valence-electron chi connectivity index (χ4n) is 1.35. The summed E-state index contributed by atoms with van der Waals surface area (Å²) in [6, 6.07) is 7.76. The van der Waals surface area contributed by atoms with Gasteiger partial charge in [0.15, 0.2) is 0 Å². The number of carboxylic acids is 1. The second-order valence-electron chi connectivity index (χ2n) is 4.23. The van der Waals surface area contributed by atoms with Crippen LogP contribution < -0.4 is 5.32 Å². The predicted octanol–water partition coefficient (Wildman–Crippen LogP) is 1.85. The molecule has 4 nitrogen and oxygen atoms in total. The monoisotopic (exact) mass is 247 g/mol. The minimum atomic E-state index is -0.919. The Morgan fingerprint density at radius 2 is 2.17 bits per heavy atom. The van der Waals surface area contributed by atoms with Crippen LogP contribution in [-0.4, -0.2) is 23.5 Å². The van der Waals surface area contributed by atoms with Crippen molar-refractivity contribution >= 4 is 18.0 Å². The standard InChI is InChI=1S/C14H17NO3/c1-10-4-3-5-12(8-10)6-7-13(16)15-9-11(2)14(17)18/h3-8,11H,9H2,1-2H3,(H,15,16)(H,17,18)/b7-6+/t11-/m1/s1. The Balaban J connectivity index is 2.47. The lowest BCUT2D eigenvalue weighted by molar-refractivity contribution is -0.141. The molecule has 0 aliphatic heterocycles. The van der Waals surface area contributed by atoms with Crippen molar-refractivity contribution in [1.82, 2.24) is 5.32 Å². The second-order valence-corrected chi connectivity index (χ2v) is 4.23. The number of aliphatic carboxylic acids is 1. The summed E-state index contributed by atoms with van der Waals surface area (Å²) in [5, 5.41) is 11.2. The van der Waals surface area contributed by atoms with E-state index in [-0.39, 0.29) is 12.5 Å². The van der Waals surface area contributed by atoms with E-state index in [9.17, 15) is 9.59 Å². The van der Waals surface area contributed by atoms with Gasteiger partial charge in [0.2, 0.25) is 5.91 Å². The van der Waals surface area contributed by atoms with E-state index in [2.05, 4.69) is 5.32 Å². The highest BCUT2D eigenvalue weighted by Crippen LogP contribution is 2.05. The molecule has 0 unspecified atom stereocenters. The highest BCUT2D eigenvalue weighted by molar-refractivity contribution is 5.91. The van der Waals surface area contributed by atoms with Crippen molar-refractivity contribution in [2.45, 2.75) is 13.8 Å². The number of rotatable bonds is 5. The van der Waals surface area contributed by atoms with Crippen molar-refractivity contribution < 1.29 is 14.7 Å². The molecule has 0 saturated heterocycles. The molecule has 1 rings (SSSR count). The number of hydrogen-bond acceptors (Lipinski definition) is 2. The Morgan fingerprint density at radius 3 is 2.78 bits per heavy atom. The fraction of sp³-hybridized carbons (Fsp3) is 0.286. The third-order valence-electron chi connectivity index (χ3n) is 2.47. The van der Waals surface area contributed by atoms with Crippen LogP contribution >= 0.6 is 0 Å². The van der Waals surface area contributed by atoms with Crippen molar-refractivity contribution in [1.29, 1.82) is 0 Å². The first-order valence-corrected chi connectivity index (χ1v) is 5.74. The number of benzene rings is 1. The van der Waals surface area contributed by atoms with E-state index in [0.29, 0.717) is 0 Å². The largest absolute Gasteiger partial charge is 0.481 e. The molecule has 0 radical (unpaired) electrons. The van der Waals surface area contributed by atoms with Gasteiger partial charge in [-0.2, -0.15) is 0 Å². The van der Waals surface area contributed by atoms with Crippen LogP contribution in [0.3, 0.4) is 0 Å². The van der Waals surface area contributed by atoms with Gasteiger partial charge in [-0.15, -0.1) is 0 Å². The van der Waals surface area contributed by atoms with Gasteiger partial charge in [0, 0.05) is 12.6 Å². The van der Waals surface area contributed by atoms with Gasteiger partial charge in [0.1, 0.15) is 0 Å². The molecule has 0 heterocycles. The maximum atomic E-state index is 11.4. The van der Waals surface area contributed by atoms with Crippen LogP contribution in [0.2, 0.25) is 0 Å². The molecule has 0 fully saturated rings. The van der Waals surface area contributed by atoms with Crippen molar-refractivity contribution in [3.05, 3.63) is 41.5 Å². The summed E-state index contributed by atoms with van der Waals surface area (Å²) in [4.78, 5) is 22.0. The summed E-state index contributed by atoms with van der Waals surface area (Å²) in [7, 11) is 0. The lowest BCUT2D eigenvalue weighted by Crippen LogP contribution is -2.30. The van der Waals surface area contributed by atoms with Crippen LogP contribution in [0.25, 0.3) is 6.08 Å². The summed E-state index contributed by atoms with van der Waals surface area (Å²) in [6.45, 7) is 3.66. The average molecular weight is 247 g/mol. The van der Waals surface area contributed by atoms with Gasteiger partial charge >= 0.3 is 5.97 Å². The van der Waals surface area contributed by atoms with Gasteiger partial charge in [0.05, 0.1) is 5.92 Å². The van der Waals surface area contributed by atoms with Crippen molar-refractivity contribution in [2.24, 2.45) is 5.92 Å². The van der Waals surface area contributed by atoms with Crippen LogP contribution in [0.1, 0.15) is 18.1 Å². The first-order chi connectivity index (χ1) is 8.49. The van der Waals surface area contributed by atoms with E-state index in [1.54, 1.807) is 13.0 Å². The van der Waals surface area contributed by atoms with Gasteiger partial charge in [-0.1, -0.05) is 36.8 Å². The molecule has 4 heteroatoms. The molecule has 1 amide bonds. The zero-order valence-corrected chi connectivity index (χ0v) is 10.5. The predicted molar refractivity (Wildman–Crippen MR) is 70.0 cm³/mol. The number of aryl methyl sites for hydroxylation is 1. The van der Waals surface area contributed by atoms with Crippen molar-refractivity contribution in [3.8, 4) is 0 Å². The first-order valence-electron chi connectivity index (χ1n) is 5.74. The molecule has 18 heavy (non-hydrogen) atoms. The molecule has 2 N–H and O–H groups in total. The fourth-order valence-corrected chi connectivity index (χ4v) is 1.35. The Bertz CT molecular complexity index is 466. The highest BCUT2D eigenvalue weighted by Gasteiger charge is 2.10. The Kier molecular flexibility index (Phi) is 5.11. The van der Waals surface area contributed by atoms with Gasteiger partial charge in [0.25, 0.3) is 0 Å². The maximum Gasteiger partial charge on any atom is 0.308 e. The zero-order valence-electron chi connectivity index (χ0n) is 10.5. The Hall–Kier alpha value is -2.10. The highest BCUT2D eigenvalue weighted by atomic mass is 16.4. The Labute approximate surface area is 106 Å². The molecular formula is C14H17NO3. The van der Waals surface area contributed by atoms with E-state index < -0.39 is 11.9 Å². The average Bonchev–Trinajstić information content (AvgIpc) is 2.33. The quantitative estimate of drug-likeness (QED) is 0.780. The lowest BCUT2D eigenvalue weighted by Gasteiger charge is -2.05. The van der Waals surface area contributed by atoms with Gasteiger partial charge in [-0.25, -0.2) is 0 Å². The van der Waals surface area contributed by atoms with Crippen LogP contribution in [-0.2, 0) is 9.59 Å². The Morgan fingerprint density at radius 1 is 1.44 bits per heavy atom.